The predicted octanol–water partition coefficient (Wildman–Crippen LogP) is 2.48. The smallest absolute Gasteiger partial charge is 0.191 e. The van der Waals surface area contributed by atoms with Crippen LogP contribution in [-0.2, 0) is 11.2 Å². The molecule has 0 spiro atoms. The molecule has 1 aliphatic heterocycles. The van der Waals surface area contributed by atoms with Crippen molar-refractivity contribution in [2.45, 2.75) is 12.5 Å². The summed E-state index contributed by atoms with van der Waals surface area (Å²) in [5.74, 6) is 1.74. The highest BCUT2D eigenvalue weighted by molar-refractivity contribution is 5.79. The molecular weight excluding hydrogens is 364 g/mol. The van der Waals surface area contributed by atoms with Crippen LogP contribution in [0.2, 0.25) is 0 Å². The third-order valence-corrected chi connectivity index (χ3v) is 5.24. The van der Waals surface area contributed by atoms with Gasteiger partial charge in [-0.3, -0.25) is 9.89 Å². The van der Waals surface area contributed by atoms with Crippen molar-refractivity contribution in [3.63, 3.8) is 0 Å². The number of guanidine groups is 1. The summed E-state index contributed by atoms with van der Waals surface area (Å²) in [6.07, 6.45) is 0.871. The number of morpholine rings is 1. The molecule has 1 unspecified atom stereocenters. The summed E-state index contributed by atoms with van der Waals surface area (Å²) < 4.78 is 11.0. The van der Waals surface area contributed by atoms with Gasteiger partial charge in [-0.25, -0.2) is 0 Å². The van der Waals surface area contributed by atoms with Crippen LogP contribution >= 0.6 is 0 Å². The Morgan fingerprint density at radius 1 is 1.07 bits per heavy atom. The van der Waals surface area contributed by atoms with Crippen molar-refractivity contribution in [3.05, 3.63) is 65.7 Å². The molecule has 0 radical (unpaired) electrons. The molecule has 1 heterocycles. The van der Waals surface area contributed by atoms with Gasteiger partial charge in [-0.05, 0) is 23.6 Å². The number of para-hydroxylation sites is 1. The van der Waals surface area contributed by atoms with Gasteiger partial charge in [0.1, 0.15) is 5.75 Å². The van der Waals surface area contributed by atoms with Crippen molar-refractivity contribution < 1.29 is 9.47 Å². The standard InChI is InChI=1S/C23H32N4O2/c1-24-23(25-13-12-20-10-6-7-11-22(20)28-2)26-18-21(19-8-4-3-5-9-19)27-14-16-29-17-15-27/h3-11,21H,12-18H2,1-2H3,(H2,24,25,26). The van der Waals surface area contributed by atoms with E-state index in [9.17, 15) is 0 Å². The lowest BCUT2D eigenvalue weighted by Gasteiger charge is -2.35. The zero-order valence-corrected chi connectivity index (χ0v) is 17.4. The Hall–Kier alpha value is -2.57. The van der Waals surface area contributed by atoms with Crippen molar-refractivity contribution in [1.82, 2.24) is 15.5 Å². The number of aliphatic imine (C=N–C) groups is 1. The Balaban J connectivity index is 1.55. The summed E-state index contributed by atoms with van der Waals surface area (Å²) >= 11 is 0. The van der Waals surface area contributed by atoms with Gasteiger partial charge in [-0.1, -0.05) is 48.5 Å². The first-order valence-electron chi connectivity index (χ1n) is 10.2. The third-order valence-electron chi connectivity index (χ3n) is 5.24. The second-order valence-electron chi connectivity index (χ2n) is 7.02. The van der Waals surface area contributed by atoms with Crippen LogP contribution in [0.5, 0.6) is 5.75 Å². The molecule has 0 aliphatic carbocycles. The van der Waals surface area contributed by atoms with Crippen LogP contribution in [0.3, 0.4) is 0 Å². The monoisotopic (exact) mass is 396 g/mol. The number of nitrogens with one attached hydrogen (secondary N) is 2. The van der Waals surface area contributed by atoms with Gasteiger partial charge in [0.2, 0.25) is 0 Å². The maximum Gasteiger partial charge on any atom is 0.191 e. The van der Waals surface area contributed by atoms with Gasteiger partial charge in [-0.2, -0.15) is 0 Å². The first-order chi connectivity index (χ1) is 14.3. The molecular formula is C23H32N4O2. The molecule has 0 amide bonds. The van der Waals surface area contributed by atoms with E-state index in [1.165, 1.54) is 11.1 Å². The molecule has 1 atom stereocenters. The Morgan fingerprint density at radius 2 is 1.79 bits per heavy atom. The second-order valence-corrected chi connectivity index (χ2v) is 7.02. The summed E-state index contributed by atoms with van der Waals surface area (Å²) in [6, 6.07) is 19.1. The lowest BCUT2D eigenvalue weighted by Crippen LogP contribution is -2.46. The van der Waals surface area contributed by atoms with Crippen LogP contribution in [0, 0.1) is 0 Å². The molecule has 0 aromatic heterocycles. The maximum atomic E-state index is 5.54. The molecule has 2 aromatic carbocycles. The van der Waals surface area contributed by atoms with E-state index < -0.39 is 0 Å². The molecule has 0 bridgehead atoms. The van der Waals surface area contributed by atoms with Gasteiger partial charge in [0.05, 0.1) is 26.4 Å². The van der Waals surface area contributed by atoms with E-state index >= 15 is 0 Å². The zero-order chi connectivity index (χ0) is 20.3. The highest BCUT2D eigenvalue weighted by atomic mass is 16.5. The van der Waals surface area contributed by atoms with E-state index in [1.807, 2.05) is 25.2 Å². The van der Waals surface area contributed by atoms with Gasteiger partial charge in [0, 0.05) is 33.2 Å². The molecule has 1 fully saturated rings. The highest BCUT2D eigenvalue weighted by Crippen LogP contribution is 2.21. The van der Waals surface area contributed by atoms with Gasteiger partial charge in [-0.15, -0.1) is 0 Å². The van der Waals surface area contributed by atoms with Crippen LogP contribution in [0.1, 0.15) is 17.2 Å². The third kappa shape index (κ3) is 6.21. The summed E-state index contributed by atoms with van der Waals surface area (Å²) in [5.41, 5.74) is 2.50. The molecule has 1 aliphatic rings. The average Bonchev–Trinajstić information content (AvgIpc) is 2.79. The first kappa shape index (κ1) is 21.1. The van der Waals surface area contributed by atoms with Crippen LogP contribution < -0.4 is 15.4 Å². The highest BCUT2D eigenvalue weighted by Gasteiger charge is 2.22. The van der Waals surface area contributed by atoms with E-state index in [0.717, 1.165) is 57.5 Å². The largest absolute Gasteiger partial charge is 0.496 e. The van der Waals surface area contributed by atoms with Crippen molar-refractivity contribution >= 4 is 5.96 Å². The van der Waals surface area contributed by atoms with Gasteiger partial charge in [0.25, 0.3) is 0 Å². The average molecular weight is 397 g/mol. The van der Waals surface area contributed by atoms with Crippen LogP contribution in [0.4, 0.5) is 0 Å². The zero-order valence-electron chi connectivity index (χ0n) is 17.4. The van der Waals surface area contributed by atoms with E-state index in [0.29, 0.717) is 0 Å². The summed E-state index contributed by atoms with van der Waals surface area (Å²) in [7, 11) is 3.52. The molecule has 156 valence electrons. The van der Waals surface area contributed by atoms with Gasteiger partial charge < -0.3 is 20.1 Å². The minimum absolute atomic E-state index is 0.285. The molecule has 2 N–H and O–H groups in total. The fourth-order valence-electron chi connectivity index (χ4n) is 3.66. The molecule has 2 aromatic rings. The number of nitrogens with zero attached hydrogens (tertiary/aromatic N) is 2. The Kier molecular flexibility index (Phi) is 8.34. The Morgan fingerprint density at radius 3 is 2.52 bits per heavy atom. The molecule has 0 saturated carbocycles. The van der Waals surface area contributed by atoms with Crippen molar-refractivity contribution in [2.75, 3.05) is 53.6 Å². The Bertz CT molecular complexity index is 760. The summed E-state index contributed by atoms with van der Waals surface area (Å²) in [5, 5.41) is 6.92. The van der Waals surface area contributed by atoms with Gasteiger partial charge >= 0.3 is 0 Å². The van der Waals surface area contributed by atoms with Crippen molar-refractivity contribution in [1.29, 1.82) is 0 Å². The predicted molar refractivity (Wildman–Crippen MR) is 118 cm³/mol. The second kappa shape index (κ2) is 11.4. The van der Waals surface area contributed by atoms with Crippen LogP contribution in [0.25, 0.3) is 0 Å². The number of hydrogen-bond acceptors (Lipinski definition) is 4. The number of hydrogen-bond donors (Lipinski definition) is 2. The minimum atomic E-state index is 0.285. The van der Waals surface area contributed by atoms with Gasteiger partial charge in [0.15, 0.2) is 5.96 Å². The molecule has 6 heteroatoms. The van der Waals surface area contributed by atoms with E-state index in [1.54, 1.807) is 7.11 Å². The fraction of sp³-hybridized carbons (Fsp3) is 0.435. The summed E-state index contributed by atoms with van der Waals surface area (Å²) in [6.45, 7) is 5.04. The SMILES string of the molecule is CN=C(NCCc1ccccc1OC)NCC(c1ccccc1)N1CCOCC1. The number of rotatable bonds is 8. The van der Waals surface area contributed by atoms with E-state index in [4.69, 9.17) is 9.47 Å². The maximum absolute atomic E-state index is 5.54. The topological polar surface area (TPSA) is 58.1 Å². The first-order valence-corrected chi connectivity index (χ1v) is 10.2. The van der Waals surface area contributed by atoms with Crippen LogP contribution in [0.15, 0.2) is 59.6 Å². The molecule has 6 nitrogen and oxygen atoms in total. The molecule has 1 saturated heterocycles. The van der Waals surface area contributed by atoms with Crippen molar-refractivity contribution in [3.8, 4) is 5.75 Å². The minimum Gasteiger partial charge on any atom is -0.496 e. The van der Waals surface area contributed by atoms with Crippen molar-refractivity contribution in [2.24, 2.45) is 4.99 Å². The lowest BCUT2D eigenvalue weighted by atomic mass is 10.0. The normalized spacial score (nSPS) is 16.3. The number of benzene rings is 2. The molecule has 3 rings (SSSR count). The number of ether oxygens (including phenoxy) is 2. The lowest BCUT2D eigenvalue weighted by molar-refractivity contribution is 0.0170. The summed E-state index contributed by atoms with van der Waals surface area (Å²) in [4.78, 5) is 6.87. The fourth-order valence-corrected chi connectivity index (χ4v) is 3.66. The van der Waals surface area contributed by atoms with E-state index in [-0.39, 0.29) is 6.04 Å². The van der Waals surface area contributed by atoms with Crippen LogP contribution in [-0.4, -0.2) is 64.4 Å². The number of methoxy groups -OCH3 is 1. The Labute approximate surface area is 173 Å². The van der Waals surface area contributed by atoms with E-state index in [2.05, 4.69) is 56.9 Å². The molecule has 29 heavy (non-hydrogen) atoms. The quantitative estimate of drug-likeness (QED) is 0.530.